The van der Waals surface area contributed by atoms with Gasteiger partial charge in [-0.3, -0.25) is 14.5 Å². The summed E-state index contributed by atoms with van der Waals surface area (Å²) in [6.07, 6.45) is 0.898. The molecule has 0 spiro atoms. The molecule has 23 heavy (non-hydrogen) atoms. The third kappa shape index (κ3) is 4.91. The van der Waals surface area contributed by atoms with Crippen molar-refractivity contribution in [2.75, 3.05) is 32.8 Å². The highest BCUT2D eigenvalue weighted by Crippen LogP contribution is 2.09. The van der Waals surface area contributed by atoms with E-state index in [1.165, 1.54) is 0 Å². The first-order chi connectivity index (χ1) is 11.0. The number of hydrogen-bond acceptors (Lipinski definition) is 4. The summed E-state index contributed by atoms with van der Waals surface area (Å²) in [7, 11) is 0. The molecule has 1 saturated heterocycles. The smallest absolute Gasteiger partial charge is 0.261 e. The molecule has 0 saturated carbocycles. The molecule has 1 aromatic heterocycles. The first-order valence-electron chi connectivity index (χ1n) is 8.36. The molecule has 1 aliphatic rings. The molecule has 2 N–H and O–H groups in total. The molecule has 0 aromatic carbocycles. The third-order valence-electron chi connectivity index (χ3n) is 4.22. The molecule has 0 radical (unpaired) electrons. The SMILES string of the molecule is CCN1CCO[C@H](CCNC(=O)c2ccc(C(C)C)[nH]c2=O)C1. The van der Waals surface area contributed by atoms with Crippen LogP contribution in [0.5, 0.6) is 0 Å². The molecule has 1 atom stereocenters. The van der Waals surface area contributed by atoms with Crippen molar-refractivity contribution in [1.82, 2.24) is 15.2 Å². The number of carbonyl (C=O) groups excluding carboxylic acids is 1. The van der Waals surface area contributed by atoms with Gasteiger partial charge in [-0.1, -0.05) is 20.8 Å². The van der Waals surface area contributed by atoms with E-state index in [0.717, 1.165) is 38.4 Å². The number of amides is 1. The van der Waals surface area contributed by atoms with Gasteiger partial charge >= 0.3 is 0 Å². The Labute approximate surface area is 137 Å². The largest absolute Gasteiger partial charge is 0.375 e. The Kier molecular flexibility index (Phi) is 6.36. The van der Waals surface area contributed by atoms with E-state index in [1.54, 1.807) is 12.1 Å². The molecule has 1 fully saturated rings. The van der Waals surface area contributed by atoms with Crippen molar-refractivity contribution in [3.63, 3.8) is 0 Å². The lowest BCUT2D eigenvalue weighted by Crippen LogP contribution is -2.43. The number of rotatable bonds is 6. The van der Waals surface area contributed by atoms with Crippen molar-refractivity contribution < 1.29 is 9.53 Å². The molecule has 0 bridgehead atoms. The third-order valence-corrected chi connectivity index (χ3v) is 4.22. The highest BCUT2D eigenvalue weighted by atomic mass is 16.5. The number of likely N-dealkylation sites (N-methyl/N-ethyl adjacent to an activating group) is 1. The van der Waals surface area contributed by atoms with Gasteiger partial charge in [0.05, 0.1) is 12.7 Å². The van der Waals surface area contributed by atoms with Crippen LogP contribution in [0.1, 0.15) is 49.2 Å². The van der Waals surface area contributed by atoms with Gasteiger partial charge in [0.2, 0.25) is 0 Å². The van der Waals surface area contributed by atoms with E-state index in [-0.39, 0.29) is 29.1 Å². The standard InChI is InChI=1S/C17H27N3O3/c1-4-20-9-10-23-13(11-20)7-8-18-16(21)14-5-6-15(12(2)3)19-17(14)22/h5-6,12-13H,4,7-11H2,1-3H3,(H,18,21)(H,19,22)/t13-/m1/s1. The first-order valence-corrected chi connectivity index (χ1v) is 8.36. The zero-order valence-electron chi connectivity index (χ0n) is 14.2. The maximum Gasteiger partial charge on any atom is 0.261 e. The van der Waals surface area contributed by atoms with E-state index in [0.29, 0.717) is 6.54 Å². The quantitative estimate of drug-likeness (QED) is 0.829. The van der Waals surface area contributed by atoms with Crippen LogP contribution in [0.4, 0.5) is 0 Å². The van der Waals surface area contributed by atoms with Crippen LogP contribution in [0.3, 0.4) is 0 Å². The van der Waals surface area contributed by atoms with Crippen LogP contribution >= 0.6 is 0 Å². The maximum atomic E-state index is 12.1. The molecule has 2 heterocycles. The van der Waals surface area contributed by atoms with Gasteiger partial charge in [-0.05, 0) is 31.0 Å². The molecule has 2 rings (SSSR count). The van der Waals surface area contributed by atoms with E-state index in [4.69, 9.17) is 4.74 Å². The summed E-state index contributed by atoms with van der Waals surface area (Å²) in [5, 5.41) is 2.81. The molecule has 128 valence electrons. The van der Waals surface area contributed by atoms with Gasteiger partial charge in [0, 0.05) is 25.3 Å². The second-order valence-electron chi connectivity index (χ2n) is 6.24. The molecule has 0 aliphatic carbocycles. The summed E-state index contributed by atoms with van der Waals surface area (Å²) in [6.45, 7) is 10.3. The van der Waals surface area contributed by atoms with Crippen molar-refractivity contribution in [3.8, 4) is 0 Å². The highest BCUT2D eigenvalue weighted by Gasteiger charge is 2.19. The molecule has 1 aliphatic heterocycles. The predicted octanol–water partition coefficient (Wildman–Crippen LogP) is 1.34. The van der Waals surface area contributed by atoms with Gasteiger partial charge in [0.25, 0.3) is 11.5 Å². The highest BCUT2D eigenvalue weighted by molar-refractivity contribution is 5.93. The Bertz CT molecular complexity index is 583. The van der Waals surface area contributed by atoms with Crippen molar-refractivity contribution in [3.05, 3.63) is 33.7 Å². The van der Waals surface area contributed by atoms with Crippen LogP contribution in [0.15, 0.2) is 16.9 Å². The monoisotopic (exact) mass is 321 g/mol. The van der Waals surface area contributed by atoms with Gasteiger partial charge in [0.15, 0.2) is 0 Å². The zero-order chi connectivity index (χ0) is 16.8. The summed E-state index contributed by atoms with van der Waals surface area (Å²) < 4.78 is 5.70. The fraction of sp³-hybridized carbons (Fsp3) is 0.647. The Morgan fingerprint density at radius 3 is 2.91 bits per heavy atom. The lowest BCUT2D eigenvalue weighted by Gasteiger charge is -2.32. The van der Waals surface area contributed by atoms with Gasteiger partial charge in [-0.25, -0.2) is 0 Å². The summed E-state index contributed by atoms with van der Waals surface area (Å²) in [6, 6.07) is 3.39. The van der Waals surface area contributed by atoms with Crippen LogP contribution in [0, 0.1) is 0 Å². The van der Waals surface area contributed by atoms with Gasteiger partial charge in [0.1, 0.15) is 5.56 Å². The van der Waals surface area contributed by atoms with Crippen molar-refractivity contribution in [1.29, 1.82) is 0 Å². The average molecular weight is 321 g/mol. The van der Waals surface area contributed by atoms with Gasteiger partial charge in [-0.2, -0.15) is 0 Å². The fourth-order valence-corrected chi connectivity index (χ4v) is 2.69. The second-order valence-corrected chi connectivity index (χ2v) is 6.24. The lowest BCUT2D eigenvalue weighted by atomic mass is 10.1. The van der Waals surface area contributed by atoms with Crippen LogP contribution < -0.4 is 10.9 Å². The molecular weight excluding hydrogens is 294 g/mol. The Morgan fingerprint density at radius 2 is 2.26 bits per heavy atom. The Balaban J connectivity index is 1.84. The van der Waals surface area contributed by atoms with E-state index in [1.807, 2.05) is 13.8 Å². The van der Waals surface area contributed by atoms with E-state index >= 15 is 0 Å². The number of hydrogen-bond donors (Lipinski definition) is 2. The van der Waals surface area contributed by atoms with Crippen LogP contribution in [0.2, 0.25) is 0 Å². The minimum absolute atomic E-state index is 0.144. The number of morpholine rings is 1. The summed E-state index contributed by atoms with van der Waals surface area (Å²) in [5.41, 5.74) is 0.663. The fourth-order valence-electron chi connectivity index (χ4n) is 2.69. The molecular formula is C17H27N3O3. The van der Waals surface area contributed by atoms with Gasteiger partial charge < -0.3 is 15.0 Å². The topological polar surface area (TPSA) is 74.4 Å². The zero-order valence-corrected chi connectivity index (χ0v) is 14.2. The summed E-state index contributed by atoms with van der Waals surface area (Å²) >= 11 is 0. The maximum absolute atomic E-state index is 12.1. The number of H-pyrrole nitrogens is 1. The molecule has 6 nitrogen and oxygen atoms in total. The van der Waals surface area contributed by atoms with Crippen molar-refractivity contribution in [2.45, 2.75) is 39.2 Å². The van der Waals surface area contributed by atoms with Crippen LogP contribution in [0.25, 0.3) is 0 Å². The van der Waals surface area contributed by atoms with Gasteiger partial charge in [-0.15, -0.1) is 0 Å². The summed E-state index contributed by atoms with van der Waals surface area (Å²) in [5.74, 6) is -0.102. The van der Waals surface area contributed by atoms with E-state index < -0.39 is 0 Å². The number of nitrogens with zero attached hydrogens (tertiary/aromatic N) is 1. The molecule has 1 amide bonds. The number of ether oxygens (including phenoxy) is 1. The second kappa shape index (κ2) is 8.26. The number of aromatic nitrogens is 1. The van der Waals surface area contributed by atoms with Crippen molar-refractivity contribution >= 4 is 5.91 Å². The molecule has 1 aromatic rings. The first kappa shape index (κ1) is 17.7. The van der Waals surface area contributed by atoms with E-state index in [9.17, 15) is 9.59 Å². The van der Waals surface area contributed by atoms with Crippen molar-refractivity contribution in [2.24, 2.45) is 0 Å². The van der Waals surface area contributed by atoms with Crippen LogP contribution in [-0.2, 0) is 4.74 Å². The molecule has 0 unspecified atom stereocenters. The minimum atomic E-state index is -0.334. The predicted molar refractivity (Wildman–Crippen MR) is 90.0 cm³/mol. The normalized spacial score (nSPS) is 19.0. The number of nitrogens with one attached hydrogen (secondary N) is 2. The number of carbonyl (C=O) groups is 1. The number of aromatic amines is 1. The lowest BCUT2D eigenvalue weighted by molar-refractivity contribution is -0.0296. The van der Waals surface area contributed by atoms with E-state index in [2.05, 4.69) is 22.1 Å². The summed E-state index contributed by atoms with van der Waals surface area (Å²) in [4.78, 5) is 29.2. The minimum Gasteiger partial charge on any atom is -0.375 e. The molecule has 6 heteroatoms. The Hall–Kier alpha value is -1.66. The average Bonchev–Trinajstić information content (AvgIpc) is 2.54. The number of pyridine rings is 1. The Morgan fingerprint density at radius 1 is 1.48 bits per heavy atom. The van der Waals surface area contributed by atoms with Crippen LogP contribution in [-0.4, -0.2) is 54.7 Å².